The van der Waals surface area contributed by atoms with E-state index < -0.39 is 10.7 Å². The monoisotopic (exact) mass is 316 g/mol. The van der Waals surface area contributed by atoms with Crippen LogP contribution in [0.2, 0.25) is 0 Å². The molecule has 1 N–H and O–H groups in total. The molecule has 21 heavy (non-hydrogen) atoms. The van der Waals surface area contributed by atoms with Crippen LogP contribution < -0.4 is 5.32 Å². The Morgan fingerprint density at radius 2 is 1.90 bits per heavy atom. The third-order valence-electron chi connectivity index (χ3n) is 3.54. The van der Waals surface area contributed by atoms with E-state index in [0.717, 1.165) is 25.5 Å². The summed E-state index contributed by atoms with van der Waals surface area (Å²) in [5.74, 6) is -0.412. The van der Waals surface area contributed by atoms with Gasteiger partial charge in [0.25, 0.3) is 0 Å². The van der Waals surface area contributed by atoms with Crippen molar-refractivity contribution >= 4 is 30.7 Å². The van der Waals surface area contributed by atoms with E-state index in [9.17, 15) is 14.4 Å². The average molecular weight is 316 g/mol. The van der Waals surface area contributed by atoms with E-state index in [-0.39, 0.29) is 18.2 Å². The lowest BCUT2D eigenvalue weighted by molar-refractivity contribution is -0.136. The van der Waals surface area contributed by atoms with Crippen molar-refractivity contribution in [2.45, 2.75) is 50.7 Å². The number of nitrogens with one attached hydrogen (secondary N) is 1. The molecule has 0 radical (unpaired) electrons. The Labute approximate surface area is 133 Å². The van der Waals surface area contributed by atoms with Crippen molar-refractivity contribution < 1.29 is 14.4 Å². The molecule has 0 aliphatic heterocycles. The van der Waals surface area contributed by atoms with Crippen molar-refractivity contribution in [1.82, 2.24) is 10.2 Å². The number of hydrogen-bond acceptors (Lipinski definition) is 4. The molecule has 0 heterocycles. The molecule has 0 aromatic rings. The minimum Gasteiger partial charge on any atom is -0.359 e. The van der Waals surface area contributed by atoms with Gasteiger partial charge in [0.15, 0.2) is 0 Å². The maximum Gasteiger partial charge on any atom is 0.227 e. The zero-order valence-electron chi connectivity index (χ0n) is 13.5. The van der Waals surface area contributed by atoms with Crippen molar-refractivity contribution in [2.75, 3.05) is 20.6 Å². The highest BCUT2D eigenvalue weighted by Gasteiger charge is 2.33. The van der Waals surface area contributed by atoms with Crippen LogP contribution in [0.3, 0.4) is 0 Å². The smallest absolute Gasteiger partial charge is 0.227 e. The number of carbonyl (C=O) groups excluding carboxylic acids is 3. The van der Waals surface area contributed by atoms with Crippen molar-refractivity contribution in [1.29, 1.82) is 0 Å². The number of unbranched alkanes of at least 4 members (excludes halogenated alkanes) is 2. The first kappa shape index (κ1) is 20.0. The van der Waals surface area contributed by atoms with Gasteiger partial charge in [0, 0.05) is 38.2 Å². The topological polar surface area (TPSA) is 66.5 Å². The van der Waals surface area contributed by atoms with Gasteiger partial charge in [-0.3, -0.25) is 9.59 Å². The second-order valence-corrected chi connectivity index (χ2v) is 7.00. The normalized spacial score (nSPS) is 12.6. The summed E-state index contributed by atoms with van der Waals surface area (Å²) in [5.41, 5.74) is 0. The number of aldehydes is 1. The lowest BCUT2D eigenvalue weighted by Gasteiger charge is -2.31. The first-order chi connectivity index (χ1) is 9.73. The fraction of sp³-hybridized carbons (Fsp3) is 0.800. The van der Waals surface area contributed by atoms with Gasteiger partial charge in [-0.15, -0.1) is 0 Å². The van der Waals surface area contributed by atoms with E-state index in [4.69, 9.17) is 0 Å². The van der Waals surface area contributed by atoms with Gasteiger partial charge in [0.05, 0.1) is 5.92 Å². The molecular formula is C15H28N2O3S. The minimum absolute atomic E-state index is 0.0438. The average Bonchev–Trinajstić information content (AvgIpc) is 2.41. The van der Waals surface area contributed by atoms with Crippen molar-refractivity contribution in [3.8, 4) is 0 Å². The summed E-state index contributed by atoms with van der Waals surface area (Å²) in [4.78, 5) is 35.8. The van der Waals surface area contributed by atoms with Crippen LogP contribution in [0.15, 0.2) is 0 Å². The predicted molar refractivity (Wildman–Crippen MR) is 87.4 cm³/mol. The highest BCUT2D eigenvalue weighted by molar-refractivity contribution is 7.81. The lowest BCUT2D eigenvalue weighted by atomic mass is 9.90. The van der Waals surface area contributed by atoms with Crippen molar-refractivity contribution in [3.05, 3.63) is 0 Å². The molecule has 0 aromatic heterocycles. The number of hydrogen-bond donors (Lipinski definition) is 2. The summed E-state index contributed by atoms with van der Waals surface area (Å²) in [6.45, 7) is 4.32. The second kappa shape index (κ2) is 9.82. The largest absolute Gasteiger partial charge is 0.359 e. The van der Waals surface area contributed by atoms with Gasteiger partial charge >= 0.3 is 0 Å². The molecule has 0 aliphatic rings. The molecule has 5 nitrogen and oxygen atoms in total. The van der Waals surface area contributed by atoms with E-state index in [1.165, 1.54) is 0 Å². The maximum atomic E-state index is 12.4. The van der Waals surface area contributed by atoms with E-state index in [1.54, 1.807) is 19.0 Å². The van der Waals surface area contributed by atoms with Gasteiger partial charge in [-0.05, 0) is 12.8 Å². The second-order valence-electron chi connectivity index (χ2n) is 5.85. The summed E-state index contributed by atoms with van der Waals surface area (Å²) in [7, 11) is 3.37. The zero-order chi connectivity index (χ0) is 16.5. The van der Waals surface area contributed by atoms with Crippen LogP contribution in [-0.4, -0.2) is 48.4 Å². The number of carbonyl (C=O) groups is 3. The van der Waals surface area contributed by atoms with Crippen LogP contribution in [-0.2, 0) is 14.4 Å². The Balaban J connectivity index is 4.19. The van der Waals surface area contributed by atoms with Crippen LogP contribution in [0.4, 0.5) is 0 Å². The van der Waals surface area contributed by atoms with Crippen LogP contribution in [0.5, 0.6) is 0 Å². The Kier molecular flexibility index (Phi) is 9.33. The van der Waals surface area contributed by atoms with E-state index in [0.29, 0.717) is 13.0 Å². The summed E-state index contributed by atoms with van der Waals surface area (Å²) in [6, 6.07) is 0. The minimum atomic E-state index is -0.522. The summed E-state index contributed by atoms with van der Waals surface area (Å²) in [5, 5.41) is 2.58. The van der Waals surface area contributed by atoms with E-state index >= 15 is 0 Å². The Hall–Kier alpha value is -1.04. The van der Waals surface area contributed by atoms with Crippen molar-refractivity contribution in [2.24, 2.45) is 5.92 Å². The van der Waals surface area contributed by atoms with E-state index in [2.05, 4.69) is 17.9 Å². The standard InChI is InChI=1S/C15H28N2O3S/c1-15(2,21)12(9-11-18)14(20)17(4)10-7-5-6-8-13(19)16-3/h11-12,21H,5-10H2,1-4H3,(H,16,19). The Bertz CT molecular complexity index is 353. The fourth-order valence-electron chi connectivity index (χ4n) is 2.10. The highest BCUT2D eigenvalue weighted by Crippen LogP contribution is 2.27. The molecular weight excluding hydrogens is 288 g/mol. The van der Waals surface area contributed by atoms with Gasteiger partial charge in [-0.25, -0.2) is 0 Å². The molecule has 0 fully saturated rings. The molecule has 2 amide bonds. The Morgan fingerprint density at radius 1 is 1.29 bits per heavy atom. The van der Waals surface area contributed by atoms with Crippen LogP contribution >= 0.6 is 12.6 Å². The molecule has 0 rings (SSSR count). The molecule has 6 heteroatoms. The highest BCUT2D eigenvalue weighted by atomic mass is 32.1. The molecule has 122 valence electrons. The van der Waals surface area contributed by atoms with Gasteiger partial charge in [0.1, 0.15) is 6.29 Å². The number of amides is 2. The van der Waals surface area contributed by atoms with Crippen LogP contribution in [0.25, 0.3) is 0 Å². The van der Waals surface area contributed by atoms with Gasteiger partial charge in [-0.1, -0.05) is 20.3 Å². The predicted octanol–water partition coefficient (Wildman–Crippen LogP) is 1.66. The van der Waals surface area contributed by atoms with Gasteiger partial charge in [-0.2, -0.15) is 12.6 Å². The van der Waals surface area contributed by atoms with Crippen molar-refractivity contribution in [3.63, 3.8) is 0 Å². The van der Waals surface area contributed by atoms with Gasteiger partial charge in [0.2, 0.25) is 11.8 Å². The molecule has 0 aromatic carbocycles. The van der Waals surface area contributed by atoms with Crippen LogP contribution in [0.1, 0.15) is 46.0 Å². The van der Waals surface area contributed by atoms with Crippen LogP contribution in [0, 0.1) is 5.92 Å². The summed E-state index contributed by atoms with van der Waals surface area (Å²) in [6.07, 6.45) is 4.05. The number of nitrogens with zero attached hydrogens (tertiary/aromatic N) is 1. The molecule has 0 saturated heterocycles. The quantitative estimate of drug-likeness (QED) is 0.366. The molecule has 0 bridgehead atoms. The molecule has 0 saturated carbocycles. The third-order valence-corrected chi connectivity index (χ3v) is 3.85. The Morgan fingerprint density at radius 3 is 2.38 bits per heavy atom. The maximum absolute atomic E-state index is 12.4. The zero-order valence-corrected chi connectivity index (χ0v) is 14.4. The number of thiol groups is 1. The first-order valence-corrected chi connectivity index (χ1v) is 7.80. The molecule has 0 spiro atoms. The number of rotatable bonds is 10. The van der Waals surface area contributed by atoms with Gasteiger partial charge < -0.3 is 15.0 Å². The molecule has 1 atom stereocenters. The molecule has 0 aliphatic carbocycles. The third kappa shape index (κ3) is 8.09. The van der Waals surface area contributed by atoms with E-state index in [1.807, 2.05) is 13.8 Å². The lowest BCUT2D eigenvalue weighted by Crippen LogP contribution is -2.41. The fourth-order valence-corrected chi connectivity index (χ4v) is 2.32. The SMILES string of the molecule is CNC(=O)CCCCCN(C)C(=O)C(CC=O)C(C)(C)S. The summed E-state index contributed by atoms with van der Waals surface area (Å²) >= 11 is 4.42. The first-order valence-electron chi connectivity index (χ1n) is 7.35. The molecule has 1 unspecified atom stereocenters. The summed E-state index contributed by atoms with van der Waals surface area (Å²) < 4.78 is -0.522.